The Morgan fingerprint density at radius 2 is 2.08 bits per heavy atom. The average molecular weight is 350 g/mol. The summed E-state index contributed by atoms with van der Waals surface area (Å²) in [5.41, 5.74) is -0.0545. The van der Waals surface area contributed by atoms with Crippen molar-refractivity contribution in [2.45, 2.75) is 43.7 Å². The van der Waals surface area contributed by atoms with Crippen LogP contribution >= 0.6 is 0 Å². The number of anilines is 1. The molecule has 3 aliphatic heterocycles. The van der Waals surface area contributed by atoms with Crippen molar-refractivity contribution in [3.05, 3.63) is 18.2 Å². The molecule has 0 radical (unpaired) electrons. The van der Waals surface area contributed by atoms with Gasteiger partial charge in [-0.1, -0.05) is 0 Å². The first kappa shape index (κ1) is 17.1. The highest BCUT2D eigenvalue weighted by Crippen LogP contribution is 2.36. The quantitative estimate of drug-likeness (QED) is 0.897. The van der Waals surface area contributed by atoms with Crippen molar-refractivity contribution in [1.29, 1.82) is 0 Å². The maximum absolute atomic E-state index is 12.9. The summed E-state index contributed by atoms with van der Waals surface area (Å²) in [6.45, 7) is 5.81. The molecule has 25 heavy (non-hydrogen) atoms. The van der Waals surface area contributed by atoms with Gasteiger partial charge in [0, 0.05) is 32.7 Å². The Balaban J connectivity index is 1.31. The van der Waals surface area contributed by atoms with Crippen LogP contribution in [0.4, 0.5) is 10.3 Å². The Labute approximate surface area is 148 Å². The zero-order valence-electron chi connectivity index (χ0n) is 14.6. The number of likely N-dealkylation sites (tertiary alicyclic amines) is 1. The molecule has 0 unspecified atom stereocenters. The van der Waals surface area contributed by atoms with Gasteiger partial charge in [-0.05, 0) is 38.1 Å². The molecule has 4 heterocycles. The highest BCUT2D eigenvalue weighted by Gasteiger charge is 2.43. The van der Waals surface area contributed by atoms with Gasteiger partial charge >= 0.3 is 0 Å². The van der Waals surface area contributed by atoms with Gasteiger partial charge in [0.2, 0.25) is 5.95 Å². The fourth-order valence-corrected chi connectivity index (χ4v) is 4.43. The number of piperidine rings is 1. The number of hydrogen-bond donors (Lipinski definition) is 1. The van der Waals surface area contributed by atoms with Crippen molar-refractivity contribution in [1.82, 2.24) is 14.9 Å². The molecule has 1 N–H and O–H groups in total. The zero-order chi connectivity index (χ0) is 17.1. The predicted molar refractivity (Wildman–Crippen MR) is 91.9 cm³/mol. The average Bonchev–Trinajstić information content (AvgIpc) is 3.00. The Morgan fingerprint density at radius 3 is 2.88 bits per heavy atom. The molecule has 3 saturated heterocycles. The molecule has 3 fully saturated rings. The lowest BCUT2D eigenvalue weighted by molar-refractivity contribution is -0.0580. The smallest absolute Gasteiger partial charge is 0.223 e. The van der Waals surface area contributed by atoms with Crippen molar-refractivity contribution in [2.24, 2.45) is 5.92 Å². The number of halogens is 1. The molecule has 2 atom stereocenters. The second-order valence-electron chi connectivity index (χ2n) is 7.66. The maximum atomic E-state index is 12.9. The van der Waals surface area contributed by atoms with Gasteiger partial charge in [0.05, 0.1) is 30.6 Å². The van der Waals surface area contributed by atoms with Gasteiger partial charge in [-0.25, -0.2) is 14.4 Å². The third kappa shape index (κ3) is 4.27. The minimum Gasteiger partial charge on any atom is -0.381 e. The first-order valence-electron chi connectivity index (χ1n) is 9.39. The lowest BCUT2D eigenvalue weighted by Gasteiger charge is -2.41. The summed E-state index contributed by atoms with van der Waals surface area (Å²) < 4.78 is 24.7. The molecule has 0 amide bonds. The van der Waals surface area contributed by atoms with E-state index in [0.29, 0.717) is 12.6 Å². The molecule has 3 aliphatic rings. The maximum Gasteiger partial charge on any atom is 0.223 e. The van der Waals surface area contributed by atoms with Crippen molar-refractivity contribution in [3.63, 3.8) is 0 Å². The summed E-state index contributed by atoms with van der Waals surface area (Å²) in [5.74, 6) is 0.814. The van der Waals surface area contributed by atoms with E-state index in [2.05, 4.69) is 20.2 Å². The van der Waals surface area contributed by atoms with Crippen molar-refractivity contribution >= 4 is 5.95 Å². The van der Waals surface area contributed by atoms with Crippen LogP contribution in [0, 0.1) is 11.7 Å². The molecule has 1 spiro atoms. The molecule has 7 heteroatoms. The lowest BCUT2D eigenvalue weighted by atomic mass is 9.87. The summed E-state index contributed by atoms with van der Waals surface area (Å²) in [4.78, 5) is 10.6. The topological polar surface area (TPSA) is 59.5 Å². The summed E-state index contributed by atoms with van der Waals surface area (Å²) >= 11 is 0. The Morgan fingerprint density at radius 1 is 1.28 bits per heavy atom. The third-order valence-electron chi connectivity index (χ3n) is 5.64. The van der Waals surface area contributed by atoms with Gasteiger partial charge in [0.25, 0.3) is 0 Å². The normalized spacial score (nSPS) is 31.5. The standard InChI is InChI=1S/C18H27FN4O2/c19-15-9-20-17(21-10-15)22-16-8-18(25-12-16)4-1-5-23(13-18)11-14-2-6-24-7-3-14/h9-10,14,16H,1-8,11-13H2,(H,20,21,22)/t16-,18+/m1/s1. The van der Waals surface area contributed by atoms with Gasteiger partial charge in [-0.2, -0.15) is 0 Å². The van der Waals surface area contributed by atoms with E-state index in [0.717, 1.165) is 45.1 Å². The number of nitrogens with one attached hydrogen (secondary N) is 1. The van der Waals surface area contributed by atoms with Crippen LogP contribution < -0.4 is 5.32 Å². The Kier molecular flexibility index (Phi) is 5.15. The first-order chi connectivity index (χ1) is 12.2. The second kappa shape index (κ2) is 7.51. The van der Waals surface area contributed by atoms with Gasteiger partial charge in [0.15, 0.2) is 5.82 Å². The zero-order valence-corrected chi connectivity index (χ0v) is 14.6. The number of aromatic nitrogens is 2. The molecule has 0 saturated carbocycles. The van der Waals surface area contributed by atoms with Crippen LogP contribution in [0.3, 0.4) is 0 Å². The molecule has 1 aromatic heterocycles. The molecule has 0 bridgehead atoms. The Hall–Kier alpha value is -1.31. The molecule has 0 aromatic carbocycles. The van der Waals surface area contributed by atoms with E-state index < -0.39 is 5.82 Å². The van der Waals surface area contributed by atoms with Crippen molar-refractivity contribution in [2.75, 3.05) is 44.8 Å². The third-order valence-corrected chi connectivity index (χ3v) is 5.64. The monoisotopic (exact) mass is 350 g/mol. The largest absolute Gasteiger partial charge is 0.381 e. The van der Waals surface area contributed by atoms with Crippen LogP contribution in [0.25, 0.3) is 0 Å². The number of rotatable bonds is 4. The SMILES string of the molecule is Fc1cnc(N[C@H]2CO[C@@]3(CCCN(CC4CCOCC4)C3)C2)nc1. The van der Waals surface area contributed by atoms with Gasteiger partial charge in [0.1, 0.15) is 0 Å². The van der Waals surface area contributed by atoms with Crippen LogP contribution in [0.1, 0.15) is 32.1 Å². The van der Waals surface area contributed by atoms with E-state index in [1.54, 1.807) is 0 Å². The van der Waals surface area contributed by atoms with Crippen molar-refractivity contribution < 1.29 is 13.9 Å². The van der Waals surface area contributed by atoms with Crippen LogP contribution in [0.2, 0.25) is 0 Å². The minimum atomic E-state index is -0.416. The number of hydrogen-bond acceptors (Lipinski definition) is 6. The highest BCUT2D eigenvalue weighted by molar-refractivity contribution is 5.25. The number of nitrogens with zero attached hydrogens (tertiary/aromatic N) is 3. The Bertz CT molecular complexity index is 567. The van der Waals surface area contributed by atoms with Gasteiger partial charge in [-0.15, -0.1) is 0 Å². The molecule has 1 aromatic rings. The van der Waals surface area contributed by atoms with Crippen LogP contribution in [-0.4, -0.2) is 66.0 Å². The summed E-state index contributed by atoms with van der Waals surface area (Å²) in [5, 5.41) is 3.29. The summed E-state index contributed by atoms with van der Waals surface area (Å²) in [6, 6.07) is 0.188. The minimum absolute atomic E-state index is 0.0545. The molecule has 0 aliphatic carbocycles. The molecule has 6 nitrogen and oxygen atoms in total. The number of ether oxygens (including phenoxy) is 2. The summed E-state index contributed by atoms with van der Waals surface area (Å²) in [6.07, 6.45) is 7.99. The van der Waals surface area contributed by atoms with E-state index in [4.69, 9.17) is 9.47 Å². The fourth-order valence-electron chi connectivity index (χ4n) is 4.43. The van der Waals surface area contributed by atoms with E-state index >= 15 is 0 Å². The highest BCUT2D eigenvalue weighted by atomic mass is 19.1. The van der Waals surface area contributed by atoms with Gasteiger partial charge < -0.3 is 19.7 Å². The second-order valence-corrected chi connectivity index (χ2v) is 7.66. The van der Waals surface area contributed by atoms with E-state index in [1.165, 1.54) is 38.2 Å². The van der Waals surface area contributed by atoms with Crippen LogP contribution in [-0.2, 0) is 9.47 Å². The van der Waals surface area contributed by atoms with Crippen LogP contribution in [0.15, 0.2) is 12.4 Å². The molecular formula is C18H27FN4O2. The van der Waals surface area contributed by atoms with Crippen LogP contribution in [0.5, 0.6) is 0 Å². The molecule has 138 valence electrons. The molecular weight excluding hydrogens is 323 g/mol. The van der Waals surface area contributed by atoms with Crippen molar-refractivity contribution in [3.8, 4) is 0 Å². The van der Waals surface area contributed by atoms with E-state index in [1.807, 2.05) is 0 Å². The predicted octanol–water partition coefficient (Wildman–Crippen LogP) is 2.08. The van der Waals surface area contributed by atoms with Gasteiger partial charge in [-0.3, -0.25) is 0 Å². The molecule has 4 rings (SSSR count). The van der Waals surface area contributed by atoms with E-state index in [-0.39, 0.29) is 11.6 Å². The fraction of sp³-hybridized carbons (Fsp3) is 0.778. The first-order valence-corrected chi connectivity index (χ1v) is 9.39. The lowest BCUT2D eigenvalue weighted by Crippen LogP contribution is -2.49. The van der Waals surface area contributed by atoms with E-state index in [9.17, 15) is 4.39 Å². The summed E-state index contributed by atoms with van der Waals surface area (Å²) in [7, 11) is 0.